The maximum absolute atomic E-state index is 13.7. The van der Waals surface area contributed by atoms with Crippen LogP contribution in [0, 0.1) is 17.7 Å². The van der Waals surface area contributed by atoms with Gasteiger partial charge in [-0.05, 0) is 36.5 Å². The fourth-order valence-corrected chi connectivity index (χ4v) is 4.22. The summed E-state index contributed by atoms with van der Waals surface area (Å²) in [5, 5.41) is 0. The standard InChI is InChI=1S/C15H21BrFNO2S/c1-11-2-4-12(5-3-11)8-9-18-21(19,20)15-7-6-13(16)10-14(15)17/h6-7,10-12,18H,2-5,8-9H2,1H3. The van der Waals surface area contributed by atoms with E-state index in [9.17, 15) is 12.8 Å². The molecule has 0 spiro atoms. The third-order valence-electron chi connectivity index (χ3n) is 4.16. The minimum absolute atomic E-state index is 0.289. The van der Waals surface area contributed by atoms with Crippen molar-refractivity contribution < 1.29 is 12.8 Å². The van der Waals surface area contributed by atoms with Crippen LogP contribution in [0.4, 0.5) is 4.39 Å². The van der Waals surface area contributed by atoms with Crippen molar-refractivity contribution in [2.45, 2.75) is 43.9 Å². The van der Waals surface area contributed by atoms with Crippen LogP contribution in [0.1, 0.15) is 39.0 Å². The molecule has 1 aromatic carbocycles. The lowest BCUT2D eigenvalue weighted by molar-refractivity contribution is 0.278. The topological polar surface area (TPSA) is 46.2 Å². The van der Waals surface area contributed by atoms with Gasteiger partial charge in [0.2, 0.25) is 10.0 Å². The smallest absolute Gasteiger partial charge is 0.211 e. The Balaban J connectivity index is 1.89. The van der Waals surface area contributed by atoms with Crippen LogP contribution in [-0.2, 0) is 10.0 Å². The molecule has 0 unspecified atom stereocenters. The number of sulfonamides is 1. The van der Waals surface area contributed by atoms with E-state index in [1.807, 2.05) is 0 Å². The van der Waals surface area contributed by atoms with E-state index in [0.717, 1.165) is 31.2 Å². The summed E-state index contributed by atoms with van der Waals surface area (Å²) in [6, 6.07) is 3.97. The van der Waals surface area contributed by atoms with Crippen molar-refractivity contribution in [2.24, 2.45) is 11.8 Å². The van der Waals surface area contributed by atoms with Gasteiger partial charge in [-0.2, -0.15) is 0 Å². The van der Waals surface area contributed by atoms with Gasteiger partial charge in [0, 0.05) is 11.0 Å². The number of hydrogen-bond donors (Lipinski definition) is 1. The van der Waals surface area contributed by atoms with Gasteiger partial charge < -0.3 is 0 Å². The molecule has 0 aromatic heterocycles. The van der Waals surface area contributed by atoms with Crippen molar-refractivity contribution in [1.82, 2.24) is 4.72 Å². The van der Waals surface area contributed by atoms with Crippen molar-refractivity contribution in [2.75, 3.05) is 6.54 Å². The molecule has 1 aliphatic carbocycles. The van der Waals surface area contributed by atoms with Crippen molar-refractivity contribution in [3.05, 3.63) is 28.5 Å². The van der Waals surface area contributed by atoms with E-state index in [2.05, 4.69) is 27.6 Å². The molecule has 1 aliphatic rings. The molecule has 0 heterocycles. The molecule has 1 aromatic rings. The van der Waals surface area contributed by atoms with Crippen LogP contribution >= 0.6 is 15.9 Å². The van der Waals surface area contributed by atoms with Crippen molar-refractivity contribution >= 4 is 26.0 Å². The van der Waals surface area contributed by atoms with Gasteiger partial charge >= 0.3 is 0 Å². The molecule has 0 saturated heterocycles. The SMILES string of the molecule is CC1CCC(CCNS(=O)(=O)c2ccc(Br)cc2F)CC1. The fourth-order valence-electron chi connectivity index (χ4n) is 2.79. The molecule has 21 heavy (non-hydrogen) atoms. The van der Waals surface area contributed by atoms with Gasteiger partial charge in [-0.1, -0.05) is 48.5 Å². The van der Waals surface area contributed by atoms with Gasteiger partial charge in [0.05, 0.1) is 0 Å². The molecular formula is C15H21BrFNO2S. The third kappa shape index (κ3) is 4.76. The van der Waals surface area contributed by atoms with Crippen LogP contribution < -0.4 is 4.72 Å². The first-order valence-corrected chi connectivity index (χ1v) is 9.61. The average molecular weight is 378 g/mol. The number of hydrogen-bond acceptors (Lipinski definition) is 2. The summed E-state index contributed by atoms with van der Waals surface area (Å²) < 4.78 is 40.9. The minimum Gasteiger partial charge on any atom is -0.211 e. The number of halogens is 2. The Labute approximate surface area is 134 Å². The number of benzene rings is 1. The van der Waals surface area contributed by atoms with Gasteiger partial charge in [0.1, 0.15) is 10.7 Å². The number of nitrogens with one attached hydrogen (secondary N) is 1. The Morgan fingerprint density at radius 3 is 2.57 bits per heavy atom. The van der Waals surface area contributed by atoms with Crippen LogP contribution in [0.25, 0.3) is 0 Å². The molecular weight excluding hydrogens is 357 g/mol. The molecule has 0 bridgehead atoms. The largest absolute Gasteiger partial charge is 0.243 e. The average Bonchev–Trinajstić information content (AvgIpc) is 2.40. The van der Waals surface area contributed by atoms with Crippen LogP contribution in [0.15, 0.2) is 27.6 Å². The normalized spacial score (nSPS) is 23.2. The van der Waals surface area contributed by atoms with E-state index in [0.29, 0.717) is 16.9 Å². The van der Waals surface area contributed by atoms with Gasteiger partial charge in [-0.15, -0.1) is 0 Å². The maximum atomic E-state index is 13.7. The molecule has 0 amide bonds. The van der Waals surface area contributed by atoms with E-state index >= 15 is 0 Å². The van der Waals surface area contributed by atoms with Crippen LogP contribution in [0.3, 0.4) is 0 Å². The lowest BCUT2D eigenvalue weighted by atomic mass is 9.81. The lowest BCUT2D eigenvalue weighted by Crippen LogP contribution is -2.27. The second kappa shape index (κ2) is 7.20. The monoisotopic (exact) mass is 377 g/mol. The van der Waals surface area contributed by atoms with Crippen LogP contribution in [-0.4, -0.2) is 15.0 Å². The predicted octanol–water partition coefficient (Wildman–Crippen LogP) is 4.08. The van der Waals surface area contributed by atoms with Gasteiger partial charge in [-0.3, -0.25) is 0 Å². The summed E-state index contributed by atoms with van der Waals surface area (Å²) in [7, 11) is -3.77. The highest BCUT2D eigenvalue weighted by Gasteiger charge is 2.21. The second-order valence-electron chi connectivity index (χ2n) is 5.89. The molecule has 1 fully saturated rings. The fraction of sp³-hybridized carbons (Fsp3) is 0.600. The van der Waals surface area contributed by atoms with Crippen molar-refractivity contribution in [3.8, 4) is 0 Å². The summed E-state index contributed by atoms with van der Waals surface area (Å²) in [4.78, 5) is -0.289. The first-order chi connectivity index (χ1) is 9.88. The molecule has 3 nitrogen and oxygen atoms in total. The van der Waals surface area contributed by atoms with Crippen molar-refractivity contribution in [3.63, 3.8) is 0 Å². The Kier molecular flexibility index (Phi) is 5.80. The summed E-state index contributed by atoms with van der Waals surface area (Å²) in [6.45, 7) is 2.63. The van der Waals surface area contributed by atoms with Crippen molar-refractivity contribution in [1.29, 1.82) is 0 Å². The van der Waals surface area contributed by atoms with E-state index < -0.39 is 15.8 Å². The summed E-state index contributed by atoms with van der Waals surface area (Å²) in [5.74, 6) is 0.636. The maximum Gasteiger partial charge on any atom is 0.243 e. The van der Waals surface area contributed by atoms with Gasteiger partial charge in [0.15, 0.2) is 0 Å². The molecule has 2 rings (SSSR count). The summed E-state index contributed by atoms with van der Waals surface area (Å²) >= 11 is 3.12. The quantitative estimate of drug-likeness (QED) is 0.839. The Morgan fingerprint density at radius 2 is 1.95 bits per heavy atom. The first-order valence-electron chi connectivity index (χ1n) is 7.33. The molecule has 1 saturated carbocycles. The Hall–Kier alpha value is -0.460. The zero-order valence-electron chi connectivity index (χ0n) is 12.1. The summed E-state index contributed by atoms with van der Waals surface area (Å²) in [5.41, 5.74) is 0. The highest BCUT2D eigenvalue weighted by atomic mass is 79.9. The highest BCUT2D eigenvalue weighted by Crippen LogP contribution is 2.30. The van der Waals surface area contributed by atoms with E-state index in [-0.39, 0.29) is 4.90 Å². The minimum atomic E-state index is -3.77. The third-order valence-corrected chi connectivity index (χ3v) is 6.15. The first kappa shape index (κ1) is 16.9. The molecule has 1 N–H and O–H groups in total. The van der Waals surface area contributed by atoms with Crippen LogP contribution in [0.5, 0.6) is 0 Å². The zero-order valence-corrected chi connectivity index (χ0v) is 14.5. The van der Waals surface area contributed by atoms with Gasteiger partial charge in [0.25, 0.3) is 0 Å². The Morgan fingerprint density at radius 1 is 1.29 bits per heavy atom. The number of rotatable bonds is 5. The molecule has 0 atom stereocenters. The molecule has 118 valence electrons. The van der Waals surface area contributed by atoms with E-state index in [1.165, 1.54) is 25.0 Å². The lowest BCUT2D eigenvalue weighted by Gasteiger charge is -2.26. The Bertz CT molecular complexity index is 583. The highest BCUT2D eigenvalue weighted by molar-refractivity contribution is 9.10. The molecule has 0 radical (unpaired) electrons. The van der Waals surface area contributed by atoms with Gasteiger partial charge in [-0.25, -0.2) is 17.5 Å². The molecule has 6 heteroatoms. The summed E-state index contributed by atoms with van der Waals surface area (Å²) in [6.07, 6.45) is 5.59. The van der Waals surface area contributed by atoms with Crippen LogP contribution in [0.2, 0.25) is 0 Å². The zero-order chi connectivity index (χ0) is 15.5. The van der Waals surface area contributed by atoms with E-state index in [4.69, 9.17) is 0 Å². The predicted molar refractivity (Wildman–Crippen MR) is 85.0 cm³/mol. The molecule has 0 aliphatic heterocycles. The second-order valence-corrected chi connectivity index (χ2v) is 8.54. The van der Waals surface area contributed by atoms with E-state index in [1.54, 1.807) is 0 Å².